The van der Waals surface area contributed by atoms with Crippen molar-refractivity contribution in [1.82, 2.24) is 15.1 Å². The van der Waals surface area contributed by atoms with Crippen molar-refractivity contribution in [3.05, 3.63) is 98.0 Å². The minimum atomic E-state index is -0.0831. The Morgan fingerprint density at radius 3 is 2.42 bits per heavy atom. The van der Waals surface area contributed by atoms with Gasteiger partial charge >= 0.3 is 0 Å². The third kappa shape index (κ3) is 5.01. The number of benzene rings is 2. The Bertz CT molecular complexity index is 1270. The first-order chi connectivity index (χ1) is 15.8. The van der Waals surface area contributed by atoms with Crippen LogP contribution in [0.2, 0.25) is 0 Å². The van der Waals surface area contributed by atoms with Crippen LogP contribution in [-0.4, -0.2) is 15.7 Å². The molecule has 170 valence electrons. The zero-order valence-corrected chi connectivity index (χ0v) is 20.5. The van der Waals surface area contributed by atoms with Gasteiger partial charge in [-0.3, -0.25) is 4.79 Å². The van der Waals surface area contributed by atoms with Gasteiger partial charge in [-0.15, -0.1) is 11.3 Å². The van der Waals surface area contributed by atoms with Gasteiger partial charge in [-0.05, 0) is 69.3 Å². The number of carbonyl (C=O) groups is 1. The summed E-state index contributed by atoms with van der Waals surface area (Å²) in [6.45, 7) is 11.1. The molecule has 2 heterocycles. The molecular formula is C27H29N3O2S. The summed E-state index contributed by atoms with van der Waals surface area (Å²) < 4.78 is 7.99. The van der Waals surface area contributed by atoms with Gasteiger partial charge in [0.1, 0.15) is 12.4 Å². The first-order valence-corrected chi connectivity index (χ1v) is 11.9. The highest BCUT2D eigenvalue weighted by molar-refractivity contribution is 7.12. The largest absolute Gasteiger partial charge is 0.488 e. The smallest absolute Gasteiger partial charge is 0.261 e. The van der Waals surface area contributed by atoms with E-state index in [-0.39, 0.29) is 5.91 Å². The molecule has 6 heteroatoms. The zero-order chi connectivity index (χ0) is 23.5. The molecule has 0 saturated heterocycles. The van der Waals surface area contributed by atoms with Gasteiger partial charge in [0.05, 0.1) is 16.3 Å². The van der Waals surface area contributed by atoms with Crippen molar-refractivity contribution in [2.24, 2.45) is 0 Å². The number of hydrogen-bond donors (Lipinski definition) is 1. The van der Waals surface area contributed by atoms with Gasteiger partial charge in [-0.2, -0.15) is 5.10 Å². The Morgan fingerprint density at radius 1 is 1.03 bits per heavy atom. The molecule has 4 rings (SSSR count). The number of nitrogens with one attached hydrogen (secondary N) is 1. The molecule has 5 nitrogen and oxygen atoms in total. The molecule has 2 aromatic carbocycles. The van der Waals surface area contributed by atoms with Crippen LogP contribution in [0.15, 0.2) is 53.9 Å². The van der Waals surface area contributed by atoms with E-state index in [1.54, 1.807) is 0 Å². The summed E-state index contributed by atoms with van der Waals surface area (Å²) in [6, 6.07) is 16.2. The van der Waals surface area contributed by atoms with Crippen LogP contribution in [0.3, 0.4) is 0 Å². The van der Waals surface area contributed by atoms with Crippen molar-refractivity contribution in [3.63, 3.8) is 0 Å². The molecule has 0 atom stereocenters. The van der Waals surface area contributed by atoms with Crippen molar-refractivity contribution < 1.29 is 9.53 Å². The van der Waals surface area contributed by atoms with Gasteiger partial charge < -0.3 is 10.1 Å². The van der Waals surface area contributed by atoms with Crippen LogP contribution in [0.1, 0.15) is 48.9 Å². The molecule has 0 saturated carbocycles. The van der Waals surface area contributed by atoms with E-state index in [1.165, 1.54) is 16.9 Å². The minimum absolute atomic E-state index is 0.0831. The summed E-state index contributed by atoms with van der Waals surface area (Å²) in [4.78, 5) is 13.5. The number of nitrogens with zero attached hydrogens (tertiary/aromatic N) is 2. The number of hydrogen-bond acceptors (Lipinski definition) is 4. The fourth-order valence-electron chi connectivity index (χ4n) is 4.13. The van der Waals surface area contributed by atoms with Crippen LogP contribution >= 0.6 is 11.3 Å². The fraction of sp³-hybridized carbons (Fsp3) is 0.259. The van der Waals surface area contributed by atoms with Crippen LogP contribution in [-0.2, 0) is 13.2 Å². The number of rotatable bonds is 7. The second-order valence-corrected chi connectivity index (χ2v) is 9.33. The molecule has 0 radical (unpaired) electrons. The molecule has 33 heavy (non-hydrogen) atoms. The molecule has 4 aromatic rings. The summed E-state index contributed by atoms with van der Waals surface area (Å²) in [6.07, 6.45) is 0. The fourth-order valence-corrected chi connectivity index (χ4v) is 4.94. The van der Waals surface area contributed by atoms with Crippen molar-refractivity contribution in [2.45, 2.75) is 47.8 Å². The van der Waals surface area contributed by atoms with E-state index in [0.717, 1.165) is 45.1 Å². The normalized spacial score (nSPS) is 10.9. The van der Waals surface area contributed by atoms with Gasteiger partial charge in [-0.25, -0.2) is 4.68 Å². The van der Waals surface area contributed by atoms with Gasteiger partial charge in [0.2, 0.25) is 0 Å². The summed E-state index contributed by atoms with van der Waals surface area (Å²) in [5, 5.41) is 9.69. The lowest BCUT2D eigenvalue weighted by Crippen LogP contribution is -2.22. The third-order valence-corrected chi connectivity index (χ3v) is 6.71. The van der Waals surface area contributed by atoms with E-state index in [9.17, 15) is 4.79 Å². The number of carbonyl (C=O) groups excluding carboxylic acids is 1. The van der Waals surface area contributed by atoms with Crippen LogP contribution in [0.25, 0.3) is 5.69 Å². The monoisotopic (exact) mass is 459 g/mol. The van der Waals surface area contributed by atoms with Crippen molar-refractivity contribution in [3.8, 4) is 11.4 Å². The van der Waals surface area contributed by atoms with E-state index in [2.05, 4.69) is 43.3 Å². The van der Waals surface area contributed by atoms with Crippen molar-refractivity contribution in [2.75, 3.05) is 0 Å². The second kappa shape index (κ2) is 9.63. The highest BCUT2D eigenvalue weighted by atomic mass is 32.1. The van der Waals surface area contributed by atoms with E-state index in [0.29, 0.717) is 18.0 Å². The number of aryl methyl sites for hydroxylation is 4. The summed E-state index contributed by atoms with van der Waals surface area (Å²) in [5.41, 5.74) is 8.48. The highest BCUT2D eigenvalue weighted by Crippen LogP contribution is 2.26. The molecule has 0 spiro atoms. The molecule has 0 aliphatic heterocycles. The maximum absolute atomic E-state index is 12.8. The first-order valence-electron chi connectivity index (χ1n) is 11.0. The molecule has 0 unspecified atom stereocenters. The average Bonchev–Trinajstić information content (AvgIpc) is 3.36. The van der Waals surface area contributed by atoms with E-state index in [1.807, 2.05) is 60.3 Å². The quantitative estimate of drug-likeness (QED) is 0.370. The van der Waals surface area contributed by atoms with Gasteiger partial charge in [-0.1, -0.05) is 35.9 Å². The molecule has 1 N–H and O–H groups in total. The predicted molar refractivity (Wildman–Crippen MR) is 134 cm³/mol. The molecule has 0 aliphatic rings. The highest BCUT2D eigenvalue weighted by Gasteiger charge is 2.15. The zero-order valence-electron chi connectivity index (χ0n) is 19.7. The number of ether oxygens (including phenoxy) is 1. The third-order valence-electron chi connectivity index (χ3n) is 5.73. The summed E-state index contributed by atoms with van der Waals surface area (Å²) in [5.74, 6) is 0.833. The first kappa shape index (κ1) is 22.8. The Labute approximate surface area is 199 Å². The van der Waals surface area contributed by atoms with Gasteiger partial charge in [0, 0.05) is 23.4 Å². The van der Waals surface area contributed by atoms with Crippen LogP contribution < -0.4 is 10.1 Å². The van der Waals surface area contributed by atoms with E-state index >= 15 is 0 Å². The summed E-state index contributed by atoms with van der Waals surface area (Å²) >= 11 is 1.44. The maximum atomic E-state index is 12.8. The van der Waals surface area contributed by atoms with Gasteiger partial charge in [0.15, 0.2) is 0 Å². The predicted octanol–water partition coefficient (Wildman–Crippen LogP) is 5.98. The standard InChI is InChI=1S/C27H29N3O2S/c1-17-11-18(2)26(19(3)12-17)32-15-22-13-25(33-16-22)27(31)28-14-24-20(4)29-30(21(24)5)23-9-7-6-8-10-23/h6-13,16H,14-15H2,1-5H3,(H,28,31). The number of aromatic nitrogens is 2. The number of amides is 1. The van der Waals surface area contributed by atoms with Crippen molar-refractivity contribution >= 4 is 17.2 Å². The van der Waals surface area contributed by atoms with Crippen molar-refractivity contribution in [1.29, 1.82) is 0 Å². The lowest BCUT2D eigenvalue weighted by atomic mass is 10.1. The molecule has 0 bridgehead atoms. The Balaban J connectivity index is 1.39. The molecule has 0 fully saturated rings. The minimum Gasteiger partial charge on any atom is -0.488 e. The van der Waals surface area contributed by atoms with Gasteiger partial charge in [0.25, 0.3) is 5.91 Å². The molecule has 2 aromatic heterocycles. The molecule has 0 aliphatic carbocycles. The summed E-state index contributed by atoms with van der Waals surface area (Å²) in [7, 11) is 0. The van der Waals surface area contributed by atoms with Crippen LogP contribution in [0.5, 0.6) is 5.75 Å². The second-order valence-electron chi connectivity index (χ2n) is 8.42. The van der Waals surface area contributed by atoms with E-state index in [4.69, 9.17) is 4.74 Å². The average molecular weight is 460 g/mol. The molecular weight excluding hydrogens is 430 g/mol. The number of thiophene rings is 1. The maximum Gasteiger partial charge on any atom is 0.261 e. The Kier molecular flexibility index (Phi) is 6.65. The Morgan fingerprint density at radius 2 is 1.73 bits per heavy atom. The van der Waals surface area contributed by atoms with Crippen LogP contribution in [0.4, 0.5) is 0 Å². The number of para-hydroxylation sites is 1. The lowest BCUT2D eigenvalue weighted by molar-refractivity contribution is 0.0955. The Hall–Kier alpha value is -3.38. The SMILES string of the molecule is Cc1cc(C)c(OCc2csc(C(=O)NCc3c(C)nn(-c4ccccc4)c3C)c2)c(C)c1. The lowest BCUT2D eigenvalue weighted by Gasteiger charge is -2.12. The molecule has 1 amide bonds. The van der Waals surface area contributed by atoms with E-state index < -0.39 is 0 Å². The van der Waals surface area contributed by atoms with Crippen LogP contribution in [0, 0.1) is 34.6 Å². The topological polar surface area (TPSA) is 56.1 Å².